The maximum absolute atomic E-state index is 13.1. The summed E-state index contributed by atoms with van der Waals surface area (Å²) in [5.41, 5.74) is 0.641. The number of carbonyl (C=O) groups excluding carboxylic acids is 2. The second-order valence-corrected chi connectivity index (χ2v) is 9.38. The number of amides is 2. The van der Waals surface area contributed by atoms with E-state index in [0.717, 1.165) is 19.5 Å². The zero-order chi connectivity index (χ0) is 20.1. The number of piperazine rings is 2. The van der Waals surface area contributed by atoms with Crippen LogP contribution in [0.15, 0.2) is 24.3 Å². The number of thiophene rings is 1. The van der Waals surface area contributed by atoms with Gasteiger partial charge >= 0.3 is 0 Å². The van der Waals surface area contributed by atoms with Crippen LogP contribution in [0, 0.1) is 0 Å². The molecule has 2 saturated heterocycles. The molecule has 0 spiro atoms. The van der Waals surface area contributed by atoms with E-state index in [1.165, 1.54) is 20.5 Å². The molecule has 5 nitrogen and oxygen atoms in total. The second kappa shape index (κ2) is 7.16. The van der Waals surface area contributed by atoms with Gasteiger partial charge in [0, 0.05) is 42.3 Å². The van der Waals surface area contributed by atoms with Crippen molar-refractivity contribution in [2.45, 2.75) is 52.2 Å². The monoisotopic (exact) mass is 399 g/mol. The van der Waals surface area contributed by atoms with Crippen LogP contribution >= 0.6 is 11.3 Å². The summed E-state index contributed by atoms with van der Waals surface area (Å²) < 4.78 is 1.33. The molecule has 2 aromatic rings. The van der Waals surface area contributed by atoms with E-state index in [2.05, 4.69) is 36.1 Å². The van der Waals surface area contributed by atoms with Crippen LogP contribution in [0.2, 0.25) is 0 Å². The van der Waals surface area contributed by atoms with Crippen molar-refractivity contribution in [2.75, 3.05) is 26.2 Å². The van der Waals surface area contributed by atoms with E-state index >= 15 is 0 Å². The number of aryl methyl sites for hydroxylation is 1. The molecule has 0 aliphatic carbocycles. The van der Waals surface area contributed by atoms with Crippen LogP contribution in [-0.4, -0.2) is 64.3 Å². The largest absolute Gasteiger partial charge is 0.327 e. The normalized spacial score (nSPS) is 22.8. The molecular weight excluding hydrogens is 370 g/mol. The van der Waals surface area contributed by atoms with Gasteiger partial charge in [-0.3, -0.25) is 14.5 Å². The molecule has 0 saturated carbocycles. The van der Waals surface area contributed by atoms with Crippen LogP contribution in [-0.2, 0) is 22.6 Å². The maximum Gasteiger partial charge on any atom is 0.248 e. The first-order valence-corrected chi connectivity index (χ1v) is 11.0. The summed E-state index contributed by atoms with van der Waals surface area (Å²) in [4.78, 5) is 33.5. The second-order valence-electron chi connectivity index (χ2n) is 8.24. The molecule has 150 valence electrons. The molecule has 2 fully saturated rings. The highest BCUT2D eigenvalue weighted by Crippen LogP contribution is 2.34. The average Bonchev–Trinajstić information content (AvgIpc) is 3.04. The Bertz CT molecular complexity index is 920. The molecule has 1 aromatic carbocycles. The van der Waals surface area contributed by atoms with E-state index in [0.29, 0.717) is 19.6 Å². The fourth-order valence-electron chi connectivity index (χ4n) is 4.74. The van der Waals surface area contributed by atoms with E-state index < -0.39 is 5.54 Å². The zero-order valence-electron chi connectivity index (χ0n) is 17.2. The average molecular weight is 400 g/mol. The molecule has 2 aliphatic rings. The number of carbonyl (C=O) groups is 2. The first-order chi connectivity index (χ1) is 13.4. The Kier molecular flexibility index (Phi) is 4.96. The van der Waals surface area contributed by atoms with Gasteiger partial charge in [0.15, 0.2) is 0 Å². The lowest BCUT2D eigenvalue weighted by Gasteiger charge is -2.52. The predicted octanol–water partition coefficient (Wildman–Crippen LogP) is 3.12. The number of benzene rings is 1. The third-order valence-corrected chi connectivity index (χ3v) is 7.63. The van der Waals surface area contributed by atoms with Gasteiger partial charge in [-0.2, -0.15) is 0 Å². The number of nitrogens with zero attached hydrogens (tertiary/aromatic N) is 3. The Labute approximate surface area is 170 Å². The molecule has 0 N–H and O–H groups in total. The van der Waals surface area contributed by atoms with Gasteiger partial charge in [-0.15, -0.1) is 11.3 Å². The van der Waals surface area contributed by atoms with Crippen molar-refractivity contribution in [3.8, 4) is 0 Å². The van der Waals surface area contributed by atoms with E-state index in [1.807, 2.05) is 37.0 Å². The molecule has 1 aromatic heterocycles. The Morgan fingerprint density at radius 2 is 1.89 bits per heavy atom. The fourth-order valence-corrected chi connectivity index (χ4v) is 5.90. The van der Waals surface area contributed by atoms with Crippen LogP contribution in [0.25, 0.3) is 10.1 Å². The van der Waals surface area contributed by atoms with Crippen LogP contribution in [0.3, 0.4) is 0 Å². The van der Waals surface area contributed by atoms with E-state index in [9.17, 15) is 9.59 Å². The topological polar surface area (TPSA) is 43.9 Å². The molecule has 1 unspecified atom stereocenters. The molecule has 6 heteroatoms. The van der Waals surface area contributed by atoms with Crippen molar-refractivity contribution in [2.24, 2.45) is 0 Å². The van der Waals surface area contributed by atoms with Gasteiger partial charge in [-0.1, -0.05) is 25.1 Å². The number of likely N-dealkylation sites (N-methyl/N-ethyl adjacent to an activating group) is 1. The van der Waals surface area contributed by atoms with Gasteiger partial charge in [0.2, 0.25) is 11.8 Å². The lowest BCUT2D eigenvalue weighted by Crippen LogP contribution is -2.73. The Morgan fingerprint density at radius 3 is 2.61 bits per heavy atom. The van der Waals surface area contributed by atoms with Gasteiger partial charge in [0.1, 0.15) is 11.6 Å². The van der Waals surface area contributed by atoms with Crippen LogP contribution < -0.4 is 0 Å². The Balaban J connectivity index is 1.59. The molecule has 2 amide bonds. The first kappa shape index (κ1) is 19.4. The lowest BCUT2D eigenvalue weighted by atomic mass is 9.92. The summed E-state index contributed by atoms with van der Waals surface area (Å²) in [6, 6.07) is 8.22. The molecule has 4 rings (SSSR count). The summed E-state index contributed by atoms with van der Waals surface area (Å²) in [5, 5.41) is 1.33. The third kappa shape index (κ3) is 2.94. The van der Waals surface area contributed by atoms with Crippen molar-refractivity contribution in [1.29, 1.82) is 0 Å². The zero-order valence-corrected chi connectivity index (χ0v) is 18.0. The molecule has 0 bridgehead atoms. The summed E-state index contributed by atoms with van der Waals surface area (Å²) in [5.74, 6) is 0.163. The van der Waals surface area contributed by atoms with Gasteiger partial charge in [0.05, 0.1) is 0 Å². The summed E-state index contributed by atoms with van der Waals surface area (Å²) >= 11 is 1.87. The van der Waals surface area contributed by atoms with E-state index in [1.54, 1.807) is 4.90 Å². The summed E-state index contributed by atoms with van der Waals surface area (Å²) in [7, 11) is 0. The highest BCUT2D eigenvalue weighted by atomic mass is 32.1. The standard InChI is InChI=1S/C22H29N3O2S/c1-5-18-16(15-9-7-8-10-19(15)28-18)13-23-11-12-24-17(14-23)20(26)25(6-2)22(3,4)21(24)27/h7-10,17H,5-6,11-14H2,1-4H3. The van der Waals surface area contributed by atoms with Gasteiger partial charge in [0.25, 0.3) is 0 Å². The molecule has 1 atom stereocenters. The number of hydrogen-bond donors (Lipinski definition) is 0. The van der Waals surface area contributed by atoms with Crippen molar-refractivity contribution >= 4 is 33.2 Å². The maximum atomic E-state index is 13.1. The van der Waals surface area contributed by atoms with Gasteiger partial charge in [-0.05, 0) is 44.2 Å². The smallest absolute Gasteiger partial charge is 0.248 e. The predicted molar refractivity (Wildman–Crippen MR) is 113 cm³/mol. The lowest BCUT2D eigenvalue weighted by molar-refractivity contribution is -0.172. The van der Waals surface area contributed by atoms with Crippen LogP contribution in [0.1, 0.15) is 38.1 Å². The van der Waals surface area contributed by atoms with Crippen molar-refractivity contribution < 1.29 is 9.59 Å². The van der Waals surface area contributed by atoms with Crippen molar-refractivity contribution in [3.05, 3.63) is 34.7 Å². The quantitative estimate of drug-likeness (QED) is 0.793. The number of rotatable bonds is 4. The van der Waals surface area contributed by atoms with Crippen LogP contribution in [0.5, 0.6) is 0 Å². The molecular formula is C22H29N3O2S. The number of fused-ring (bicyclic) bond motifs is 2. The highest BCUT2D eigenvalue weighted by molar-refractivity contribution is 7.19. The van der Waals surface area contributed by atoms with E-state index in [-0.39, 0.29) is 17.9 Å². The first-order valence-electron chi connectivity index (χ1n) is 10.2. The highest BCUT2D eigenvalue weighted by Gasteiger charge is 2.51. The SMILES string of the molecule is CCc1sc2ccccc2c1CN1CCN2C(=O)C(C)(C)N(CC)C(=O)C2C1. The molecule has 2 aliphatic heterocycles. The number of hydrogen-bond acceptors (Lipinski definition) is 4. The van der Waals surface area contributed by atoms with Crippen molar-refractivity contribution in [1.82, 2.24) is 14.7 Å². The van der Waals surface area contributed by atoms with Crippen LogP contribution in [0.4, 0.5) is 0 Å². The Morgan fingerprint density at radius 1 is 1.14 bits per heavy atom. The Hall–Kier alpha value is -1.92. The summed E-state index contributed by atoms with van der Waals surface area (Å²) in [6.07, 6.45) is 1.02. The molecule has 3 heterocycles. The van der Waals surface area contributed by atoms with Gasteiger partial charge < -0.3 is 9.80 Å². The minimum Gasteiger partial charge on any atom is -0.327 e. The van der Waals surface area contributed by atoms with E-state index in [4.69, 9.17) is 0 Å². The fraction of sp³-hybridized carbons (Fsp3) is 0.545. The molecule has 0 radical (unpaired) electrons. The minimum absolute atomic E-state index is 0.0776. The summed E-state index contributed by atoms with van der Waals surface area (Å²) in [6.45, 7) is 11.3. The third-order valence-electron chi connectivity index (χ3n) is 6.28. The van der Waals surface area contributed by atoms with Gasteiger partial charge in [-0.25, -0.2) is 0 Å². The van der Waals surface area contributed by atoms with Crippen molar-refractivity contribution in [3.63, 3.8) is 0 Å². The minimum atomic E-state index is -0.747. The molecule has 28 heavy (non-hydrogen) atoms.